The number of aliphatic hydroxyl groups excluding tert-OH is 3. The van der Waals surface area contributed by atoms with Crippen LogP contribution >= 0.6 is 0 Å². The van der Waals surface area contributed by atoms with Gasteiger partial charge < -0.3 is 54.7 Å². The lowest BCUT2D eigenvalue weighted by atomic mass is 9.50. The van der Waals surface area contributed by atoms with Crippen molar-refractivity contribution >= 4 is 17.5 Å². The first-order valence-corrected chi connectivity index (χ1v) is 24.1. The van der Waals surface area contributed by atoms with Crippen molar-refractivity contribution in [3.8, 4) is 45.6 Å². The number of hydrogen-bond donors (Lipinski definition) is 7. The highest BCUT2D eigenvalue weighted by Crippen LogP contribution is 2.59. The van der Waals surface area contributed by atoms with Gasteiger partial charge in [0, 0.05) is 82.6 Å². The Morgan fingerprint density at radius 3 is 2.49 bits per heavy atom. The number of carbonyl (C=O) groups is 2. The van der Waals surface area contributed by atoms with Crippen LogP contribution in [0.2, 0.25) is 0 Å². The fraction of sp³-hybridized carbons (Fsp3) is 0.472. The van der Waals surface area contributed by atoms with Crippen LogP contribution in [0, 0.1) is 17.8 Å². The number of carbonyl (C=O) groups excluding carboxylic acids is 2. The van der Waals surface area contributed by atoms with Crippen molar-refractivity contribution in [2.75, 3.05) is 72.3 Å². The van der Waals surface area contributed by atoms with Gasteiger partial charge in [-0.2, -0.15) is 0 Å². The number of ether oxygens (including phenoxy) is 5. The lowest BCUT2D eigenvalue weighted by molar-refractivity contribution is -0.138. The first-order valence-electron chi connectivity index (χ1n) is 24.1. The fourth-order valence-electron chi connectivity index (χ4n) is 12.4. The largest absolute Gasteiger partial charge is 0.502 e. The average molecular weight is 931 g/mol. The van der Waals surface area contributed by atoms with Gasteiger partial charge in [0.2, 0.25) is 5.75 Å². The molecule has 3 aliphatic heterocycles. The summed E-state index contributed by atoms with van der Waals surface area (Å²) in [6.45, 7) is 4.31. The summed E-state index contributed by atoms with van der Waals surface area (Å²) >= 11 is 0. The summed E-state index contributed by atoms with van der Waals surface area (Å²) in [4.78, 5) is 26.7. The second-order valence-corrected chi connectivity index (χ2v) is 19.0. The molecule has 0 spiro atoms. The summed E-state index contributed by atoms with van der Waals surface area (Å²) in [5, 5.41) is 56.9. The average Bonchev–Trinajstić information content (AvgIpc) is 3.66. The number of aryl methyl sites for hydroxylation is 1. The number of anilines is 1. The number of nitrogens with zero attached hydrogens (tertiary/aromatic N) is 1. The normalized spacial score (nSPS) is 24.5. The number of amides is 2. The number of benzene rings is 4. The zero-order chi connectivity index (χ0) is 47.3. The van der Waals surface area contributed by atoms with E-state index < -0.39 is 29.6 Å². The van der Waals surface area contributed by atoms with E-state index in [9.17, 15) is 30.0 Å². The van der Waals surface area contributed by atoms with E-state index in [2.05, 4.69) is 28.1 Å². The molecule has 10 rings (SSSR count). The van der Waals surface area contributed by atoms with Crippen LogP contribution in [0.3, 0.4) is 0 Å². The molecule has 3 aliphatic carbocycles. The quantitative estimate of drug-likeness (QED) is 0.0395. The number of fused-ring (bicyclic) bond motifs is 5. The highest BCUT2D eigenvalue weighted by atomic mass is 16.5. The number of aliphatic hydroxyl groups is 3. The van der Waals surface area contributed by atoms with Crippen LogP contribution in [0.4, 0.5) is 5.69 Å². The van der Waals surface area contributed by atoms with Crippen LogP contribution in [-0.2, 0) is 34.3 Å². The summed E-state index contributed by atoms with van der Waals surface area (Å²) in [6, 6.07) is 15.5. The van der Waals surface area contributed by atoms with E-state index >= 15 is 0 Å². The number of likely N-dealkylation sites (N-methyl/N-ethyl adjacent to an activating group) is 1. The van der Waals surface area contributed by atoms with E-state index in [0.29, 0.717) is 85.1 Å². The second kappa shape index (κ2) is 18.9. The minimum absolute atomic E-state index is 0.0145. The van der Waals surface area contributed by atoms with Gasteiger partial charge in [0.05, 0.1) is 38.6 Å². The summed E-state index contributed by atoms with van der Waals surface area (Å²) in [6.07, 6.45) is 5.96. The number of imide groups is 1. The third kappa shape index (κ3) is 7.81. The summed E-state index contributed by atoms with van der Waals surface area (Å²) in [5.41, 5.74) is 8.03. The monoisotopic (exact) mass is 930 g/mol. The Hall–Kier alpha value is -5.84. The number of methoxy groups -OCH3 is 1. The Bertz CT molecular complexity index is 2620. The number of phenolic OH excluding ortho intramolecular Hbond substituents is 1. The number of aromatic hydroxyl groups is 1. The van der Waals surface area contributed by atoms with Crippen LogP contribution in [-0.4, -0.2) is 104 Å². The zero-order valence-electron chi connectivity index (χ0n) is 38.9. The molecule has 0 aromatic heterocycles. The lowest BCUT2D eigenvalue weighted by Gasteiger charge is -2.54. The Morgan fingerprint density at radius 1 is 0.912 bits per heavy atom. The molecule has 1 saturated carbocycles. The molecule has 0 bridgehead atoms. The van der Waals surface area contributed by atoms with Crippen molar-refractivity contribution in [1.29, 1.82) is 0 Å². The number of nitrogens with one attached hydrogen (secondary N) is 3. The minimum atomic E-state index is -1.07. The van der Waals surface area contributed by atoms with Gasteiger partial charge in [-0.3, -0.25) is 19.8 Å². The first-order chi connectivity index (χ1) is 33.1. The highest BCUT2D eigenvalue weighted by Gasteiger charge is 2.53. The molecule has 4 aromatic carbocycles. The molecule has 15 heteroatoms. The van der Waals surface area contributed by atoms with Gasteiger partial charge in [-0.05, 0) is 105 Å². The summed E-state index contributed by atoms with van der Waals surface area (Å²) in [7, 11) is 3.34. The minimum Gasteiger partial charge on any atom is -0.502 e. The Labute approximate surface area is 396 Å². The fourth-order valence-corrected chi connectivity index (χ4v) is 12.4. The van der Waals surface area contributed by atoms with E-state index in [-0.39, 0.29) is 67.5 Å². The third-order valence-corrected chi connectivity index (χ3v) is 15.6. The van der Waals surface area contributed by atoms with Crippen LogP contribution in [0.5, 0.6) is 34.5 Å². The Balaban J connectivity index is 0.976. The number of phenols is 1. The Kier molecular flexibility index (Phi) is 12.8. The maximum Gasteiger partial charge on any atom is 0.253 e. The van der Waals surface area contributed by atoms with Crippen molar-refractivity contribution < 1.29 is 53.7 Å². The van der Waals surface area contributed by atoms with Crippen LogP contribution in [0.15, 0.2) is 60.7 Å². The molecule has 2 amide bonds. The van der Waals surface area contributed by atoms with Gasteiger partial charge in [-0.1, -0.05) is 31.2 Å². The molecule has 4 aromatic rings. The van der Waals surface area contributed by atoms with Crippen molar-refractivity contribution in [2.45, 2.75) is 75.5 Å². The molecular weight excluding hydrogens is 869 g/mol. The van der Waals surface area contributed by atoms with Gasteiger partial charge >= 0.3 is 0 Å². The molecule has 68 heavy (non-hydrogen) atoms. The molecule has 6 aliphatic rings. The van der Waals surface area contributed by atoms with Crippen molar-refractivity contribution in [3.63, 3.8) is 0 Å². The SMILES string of the molecule is CCNCOc1cc(OCCNC)c2c3c1[C@@H](O)Nc1cc4c(c(c1-3)CC2)[C@@H](O)[C@H](c1cc(OC)c(O)c(OC[C@H](CO)[C@@]23C[C@H](CN5C(=O)C=CC5=O)CC[C@H]2CCc2ccccc23)c1)CO4. The maximum absolute atomic E-state index is 12.7. The van der Waals surface area contributed by atoms with Crippen molar-refractivity contribution in [3.05, 3.63) is 99.6 Å². The van der Waals surface area contributed by atoms with E-state index in [1.165, 1.54) is 29.7 Å². The molecule has 15 nitrogen and oxygen atoms in total. The van der Waals surface area contributed by atoms with Crippen molar-refractivity contribution in [2.24, 2.45) is 17.8 Å². The molecule has 3 heterocycles. The van der Waals surface area contributed by atoms with E-state index in [1.807, 2.05) is 38.2 Å². The highest BCUT2D eigenvalue weighted by molar-refractivity contribution is 6.12. The molecule has 7 atom stereocenters. The van der Waals surface area contributed by atoms with Crippen LogP contribution in [0.1, 0.15) is 89.8 Å². The molecule has 360 valence electrons. The van der Waals surface area contributed by atoms with E-state index in [1.54, 1.807) is 12.1 Å². The smallest absolute Gasteiger partial charge is 0.253 e. The Morgan fingerprint density at radius 2 is 1.71 bits per heavy atom. The topological polar surface area (TPSA) is 201 Å². The first kappa shape index (κ1) is 45.9. The number of hydrogen-bond acceptors (Lipinski definition) is 14. The molecule has 0 radical (unpaired) electrons. The van der Waals surface area contributed by atoms with Crippen LogP contribution < -0.4 is 39.6 Å². The maximum atomic E-state index is 12.7. The van der Waals surface area contributed by atoms with Crippen molar-refractivity contribution in [1.82, 2.24) is 15.5 Å². The predicted octanol–water partition coefficient (Wildman–Crippen LogP) is 5.55. The van der Waals surface area contributed by atoms with Gasteiger partial charge in [-0.15, -0.1) is 0 Å². The number of rotatable bonds is 17. The van der Waals surface area contributed by atoms with E-state index in [0.717, 1.165) is 53.5 Å². The molecule has 7 N–H and O–H groups in total. The van der Waals surface area contributed by atoms with Gasteiger partial charge in [0.25, 0.3) is 11.8 Å². The predicted molar refractivity (Wildman–Crippen MR) is 254 cm³/mol. The summed E-state index contributed by atoms with van der Waals surface area (Å²) in [5.74, 6) is 0.470. The van der Waals surface area contributed by atoms with Crippen LogP contribution in [0.25, 0.3) is 11.1 Å². The molecular formula is C53H62N4O11. The summed E-state index contributed by atoms with van der Waals surface area (Å²) < 4.78 is 31.5. The third-order valence-electron chi connectivity index (χ3n) is 15.6. The molecule has 0 saturated heterocycles. The lowest BCUT2D eigenvalue weighted by Crippen LogP contribution is -2.53. The second-order valence-electron chi connectivity index (χ2n) is 19.0. The van der Waals surface area contributed by atoms with Gasteiger partial charge in [0.1, 0.15) is 30.6 Å². The standard InChI is InChI=1S/C53H62N4O11/c1-4-55-28-68-41-22-39(65-18-17-54-2)34-13-14-35-46-38(56-52(63)49(41)48(34)46)21-40-47(35)50(61)36(27-67-40)31-19-42(64-3)51(62)43(20-31)66-26-33(25-58)53-23-29(24-57-44(59)15-16-45(57)60)9-11-32(53)12-10-30-7-5-6-8-37(30)53/h5-8,15-16,19-22,29,32-33,36,50,52,54-56,58,61-63H,4,9-14,17-18,23-28H2,1-3H3/t29-,32+,33+,36+,50+,52-,53-/m1/s1. The molecule has 1 fully saturated rings. The molecule has 0 unspecified atom stereocenters. The van der Waals surface area contributed by atoms with Gasteiger partial charge in [-0.25, -0.2) is 0 Å². The zero-order valence-corrected chi connectivity index (χ0v) is 38.9. The van der Waals surface area contributed by atoms with E-state index in [4.69, 9.17) is 23.7 Å². The van der Waals surface area contributed by atoms with Gasteiger partial charge in [0.15, 0.2) is 17.7 Å².